The van der Waals surface area contributed by atoms with E-state index in [1.807, 2.05) is 0 Å². The molecular formula is C6H8N2O. The summed E-state index contributed by atoms with van der Waals surface area (Å²) in [6.07, 6.45) is 5.37. The van der Waals surface area contributed by atoms with Gasteiger partial charge in [-0.2, -0.15) is 0 Å². The smallest absolute Gasteiger partial charge is 0.159 e. The molecule has 0 aromatic rings. The van der Waals surface area contributed by atoms with Crippen molar-refractivity contribution in [2.45, 2.75) is 6.42 Å². The molecule has 0 spiro atoms. The fraction of sp³-hybridized carbons (Fsp3) is 0.167. The molecule has 48 valence electrons. The Bertz CT molecular complexity index is 181. The predicted molar refractivity (Wildman–Crippen MR) is 34.2 cm³/mol. The molecule has 3 heteroatoms. The van der Waals surface area contributed by atoms with Crippen LogP contribution in [0.3, 0.4) is 0 Å². The van der Waals surface area contributed by atoms with Gasteiger partial charge >= 0.3 is 0 Å². The van der Waals surface area contributed by atoms with Gasteiger partial charge in [-0.05, 0) is 12.2 Å². The highest BCUT2D eigenvalue weighted by Gasteiger charge is 1.99. The van der Waals surface area contributed by atoms with Crippen LogP contribution in [0.15, 0.2) is 23.9 Å². The summed E-state index contributed by atoms with van der Waals surface area (Å²) < 4.78 is 0. The first-order chi connectivity index (χ1) is 4.33. The molecule has 3 nitrogen and oxygen atoms in total. The van der Waals surface area contributed by atoms with Crippen molar-refractivity contribution in [3.8, 4) is 0 Å². The molecule has 9 heavy (non-hydrogen) atoms. The van der Waals surface area contributed by atoms with E-state index in [1.165, 1.54) is 6.08 Å². The summed E-state index contributed by atoms with van der Waals surface area (Å²) in [6.45, 7) is 0. The highest BCUT2D eigenvalue weighted by atomic mass is 16.1. The maximum atomic E-state index is 10.5. The van der Waals surface area contributed by atoms with E-state index in [4.69, 9.17) is 5.84 Å². The van der Waals surface area contributed by atoms with E-state index < -0.39 is 0 Å². The minimum Gasteiger partial charge on any atom is -0.324 e. The highest BCUT2D eigenvalue weighted by Crippen LogP contribution is 2.01. The minimum atomic E-state index is 0.119. The predicted octanol–water partition coefficient (Wildman–Crippen LogP) is -0.137. The number of rotatable bonds is 1. The number of hydrogen-bond donors (Lipinski definition) is 2. The van der Waals surface area contributed by atoms with Gasteiger partial charge in [-0.25, -0.2) is 0 Å². The number of carbonyl (C=O) groups excluding carboxylic acids is 1. The molecule has 0 radical (unpaired) electrons. The SMILES string of the molecule is NNC1=CCC(=O)C=C1. The maximum Gasteiger partial charge on any atom is 0.159 e. The lowest BCUT2D eigenvalue weighted by Gasteiger charge is -2.02. The van der Waals surface area contributed by atoms with E-state index in [1.54, 1.807) is 12.2 Å². The number of ketones is 1. The van der Waals surface area contributed by atoms with Gasteiger partial charge < -0.3 is 5.43 Å². The van der Waals surface area contributed by atoms with Gasteiger partial charge in [0.15, 0.2) is 5.78 Å². The van der Waals surface area contributed by atoms with E-state index >= 15 is 0 Å². The number of hydrazine groups is 1. The third kappa shape index (κ3) is 1.40. The molecule has 0 amide bonds. The van der Waals surface area contributed by atoms with Crippen LogP contribution in [0.2, 0.25) is 0 Å². The van der Waals surface area contributed by atoms with Crippen LogP contribution in [0.4, 0.5) is 0 Å². The summed E-state index contributed by atoms with van der Waals surface area (Å²) in [4.78, 5) is 10.5. The van der Waals surface area contributed by atoms with Crippen molar-refractivity contribution in [3.63, 3.8) is 0 Å². The molecule has 0 atom stereocenters. The van der Waals surface area contributed by atoms with Crippen molar-refractivity contribution in [2.24, 2.45) is 5.84 Å². The van der Waals surface area contributed by atoms with E-state index in [9.17, 15) is 4.79 Å². The summed E-state index contributed by atoms with van der Waals surface area (Å²) in [5, 5.41) is 0. The zero-order valence-corrected chi connectivity index (χ0v) is 4.92. The molecule has 0 saturated heterocycles. The Morgan fingerprint density at radius 2 is 2.33 bits per heavy atom. The average molecular weight is 124 g/mol. The van der Waals surface area contributed by atoms with Crippen LogP contribution in [-0.2, 0) is 4.79 Å². The molecule has 1 aliphatic carbocycles. The lowest BCUT2D eigenvalue weighted by atomic mass is 10.1. The molecule has 0 unspecified atom stereocenters. The van der Waals surface area contributed by atoms with Crippen molar-refractivity contribution in [1.29, 1.82) is 0 Å². The summed E-state index contributed by atoms with van der Waals surface area (Å²) in [7, 11) is 0. The third-order valence-corrected chi connectivity index (χ3v) is 1.14. The third-order valence-electron chi connectivity index (χ3n) is 1.14. The number of nitrogens with two attached hydrogens (primary N) is 1. The molecule has 1 aliphatic rings. The quantitative estimate of drug-likeness (QED) is 0.378. The van der Waals surface area contributed by atoms with Gasteiger partial charge in [-0.15, -0.1) is 0 Å². The molecule has 3 N–H and O–H groups in total. The molecule has 0 bridgehead atoms. The van der Waals surface area contributed by atoms with Crippen molar-refractivity contribution in [1.82, 2.24) is 5.43 Å². The summed E-state index contributed by atoms with van der Waals surface area (Å²) in [5.74, 6) is 5.19. The molecule has 0 aromatic carbocycles. The van der Waals surface area contributed by atoms with Gasteiger partial charge in [0.2, 0.25) is 0 Å². The monoisotopic (exact) mass is 124 g/mol. The lowest BCUT2D eigenvalue weighted by molar-refractivity contribution is -0.113. The van der Waals surface area contributed by atoms with Crippen molar-refractivity contribution in [3.05, 3.63) is 23.9 Å². The zero-order chi connectivity index (χ0) is 6.69. The standard InChI is InChI=1S/C6H8N2O/c7-8-5-1-3-6(9)4-2-5/h1-3,8H,4,7H2. The van der Waals surface area contributed by atoms with Crippen LogP contribution >= 0.6 is 0 Å². The Kier molecular flexibility index (Phi) is 1.65. The average Bonchev–Trinajstić information content (AvgIpc) is 1.90. The van der Waals surface area contributed by atoms with Gasteiger partial charge in [-0.3, -0.25) is 10.6 Å². The van der Waals surface area contributed by atoms with Crippen molar-refractivity contribution >= 4 is 5.78 Å². The van der Waals surface area contributed by atoms with E-state index in [-0.39, 0.29) is 5.78 Å². The van der Waals surface area contributed by atoms with E-state index in [0.717, 1.165) is 5.70 Å². The highest BCUT2D eigenvalue weighted by molar-refractivity contribution is 5.92. The Labute approximate surface area is 53.2 Å². The molecule has 0 saturated carbocycles. The topological polar surface area (TPSA) is 55.1 Å². The first-order valence-electron chi connectivity index (χ1n) is 2.70. The second-order valence-corrected chi connectivity index (χ2v) is 1.81. The van der Waals surface area contributed by atoms with Crippen molar-refractivity contribution < 1.29 is 4.79 Å². The maximum absolute atomic E-state index is 10.5. The molecule has 0 fully saturated rings. The van der Waals surface area contributed by atoms with Crippen LogP contribution in [-0.4, -0.2) is 5.78 Å². The van der Waals surface area contributed by atoms with Gasteiger partial charge in [-0.1, -0.05) is 6.08 Å². The molecular weight excluding hydrogens is 116 g/mol. The van der Waals surface area contributed by atoms with E-state index in [2.05, 4.69) is 5.43 Å². The van der Waals surface area contributed by atoms with Gasteiger partial charge in [0.05, 0.1) is 0 Å². The Morgan fingerprint density at radius 1 is 1.56 bits per heavy atom. The van der Waals surface area contributed by atoms with Crippen LogP contribution in [0, 0.1) is 0 Å². The Balaban J connectivity index is 2.63. The summed E-state index contributed by atoms with van der Waals surface area (Å²) in [5.41, 5.74) is 3.25. The van der Waals surface area contributed by atoms with Crippen LogP contribution in [0.1, 0.15) is 6.42 Å². The second-order valence-electron chi connectivity index (χ2n) is 1.81. The first kappa shape index (κ1) is 6.04. The first-order valence-corrected chi connectivity index (χ1v) is 2.70. The number of allylic oxidation sites excluding steroid dienone is 3. The normalized spacial score (nSPS) is 17.4. The Morgan fingerprint density at radius 3 is 2.78 bits per heavy atom. The van der Waals surface area contributed by atoms with Crippen LogP contribution < -0.4 is 11.3 Å². The Hall–Kier alpha value is -1.09. The van der Waals surface area contributed by atoms with E-state index in [0.29, 0.717) is 6.42 Å². The largest absolute Gasteiger partial charge is 0.324 e. The van der Waals surface area contributed by atoms with Gasteiger partial charge in [0.25, 0.3) is 0 Å². The van der Waals surface area contributed by atoms with Crippen molar-refractivity contribution in [2.75, 3.05) is 0 Å². The van der Waals surface area contributed by atoms with Crippen LogP contribution in [0.5, 0.6) is 0 Å². The fourth-order valence-electron chi connectivity index (χ4n) is 0.636. The number of nitrogens with one attached hydrogen (secondary N) is 1. The number of carbonyl (C=O) groups is 1. The number of hydrogen-bond acceptors (Lipinski definition) is 3. The molecule has 0 heterocycles. The molecule has 1 rings (SSSR count). The van der Waals surface area contributed by atoms with Gasteiger partial charge in [0, 0.05) is 12.1 Å². The molecule has 0 aliphatic heterocycles. The minimum absolute atomic E-state index is 0.119. The molecule has 0 aromatic heterocycles. The fourth-order valence-corrected chi connectivity index (χ4v) is 0.636. The van der Waals surface area contributed by atoms with Gasteiger partial charge in [0.1, 0.15) is 0 Å². The van der Waals surface area contributed by atoms with Crippen LogP contribution in [0.25, 0.3) is 0 Å². The lowest BCUT2D eigenvalue weighted by Crippen LogP contribution is -2.21. The summed E-state index contributed by atoms with van der Waals surface area (Å²) >= 11 is 0. The second kappa shape index (κ2) is 2.46. The zero-order valence-electron chi connectivity index (χ0n) is 4.92. The summed E-state index contributed by atoms with van der Waals surface area (Å²) in [6, 6.07) is 0.